The molecule has 1 atom stereocenters. The molecule has 1 aromatic heterocycles. The van der Waals surface area contributed by atoms with Crippen LogP contribution in [0, 0.1) is 5.92 Å². The third-order valence-electron chi connectivity index (χ3n) is 5.20. The molecule has 1 aromatic carbocycles. The van der Waals surface area contributed by atoms with Gasteiger partial charge in [0.2, 0.25) is 5.91 Å². The molecule has 0 bridgehead atoms. The highest BCUT2D eigenvalue weighted by molar-refractivity contribution is 5.76. The second kappa shape index (κ2) is 7.43. The van der Waals surface area contributed by atoms with E-state index in [0.717, 1.165) is 24.1 Å². The predicted octanol–water partition coefficient (Wildman–Crippen LogP) is 3.39. The summed E-state index contributed by atoms with van der Waals surface area (Å²) in [5.74, 6) is 0.527. The molecule has 1 amide bonds. The van der Waals surface area contributed by atoms with E-state index in [9.17, 15) is 4.79 Å². The number of hydrogen-bond donors (Lipinski definition) is 2. The summed E-state index contributed by atoms with van der Waals surface area (Å²) in [5, 5.41) is 11.0. The van der Waals surface area contributed by atoms with Gasteiger partial charge < -0.3 is 10.6 Å². The normalized spacial score (nSPS) is 20.2. The lowest BCUT2D eigenvalue weighted by molar-refractivity contribution is -0.123. The van der Waals surface area contributed by atoms with Crippen molar-refractivity contribution in [1.29, 1.82) is 0 Å². The Morgan fingerprint density at radius 3 is 2.41 bits per heavy atom. The van der Waals surface area contributed by atoms with E-state index >= 15 is 0 Å². The third kappa shape index (κ3) is 5.16. The van der Waals surface area contributed by atoms with Gasteiger partial charge in [-0.05, 0) is 71.1 Å². The summed E-state index contributed by atoms with van der Waals surface area (Å²) >= 11 is 0. The Morgan fingerprint density at radius 1 is 1.22 bits per heavy atom. The molecule has 3 rings (SSSR count). The molecule has 6 nitrogen and oxygen atoms in total. The van der Waals surface area contributed by atoms with Crippen LogP contribution in [0.15, 0.2) is 36.9 Å². The van der Waals surface area contributed by atoms with Crippen LogP contribution in [0.1, 0.15) is 65.5 Å². The lowest BCUT2D eigenvalue weighted by Crippen LogP contribution is -2.58. The number of aromatic nitrogens is 3. The van der Waals surface area contributed by atoms with E-state index in [2.05, 4.69) is 48.4 Å². The van der Waals surface area contributed by atoms with Gasteiger partial charge in [0, 0.05) is 17.5 Å². The maximum atomic E-state index is 12.6. The molecule has 1 aliphatic heterocycles. The van der Waals surface area contributed by atoms with Gasteiger partial charge >= 0.3 is 0 Å². The zero-order valence-electron chi connectivity index (χ0n) is 17.0. The number of carbonyl (C=O) groups is 1. The summed E-state index contributed by atoms with van der Waals surface area (Å²) in [6, 6.07) is 8.01. The molecule has 2 heterocycles. The molecular formula is C21H31N5O. The van der Waals surface area contributed by atoms with Gasteiger partial charge in [0.05, 0.1) is 11.7 Å². The molecule has 1 fully saturated rings. The number of nitrogens with one attached hydrogen (secondary N) is 2. The van der Waals surface area contributed by atoms with E-state index in [1.54, 1.807) is 11.0 Å². The van der Waals surface area contributed by atoms with E-state index in [4.69, 9.17) is 0 Å². The quantitative estimate of drug-likeness (QED) is 0.847. The van der Waals surface area contributed by atoms with Crippen molar-refractivity contribution in [1.82, 2.24) is 25.4 Å². The van der Waals surface area contributed by atoms with Crippen LogP contribution in [0.2, 0.25) is 0 Å². The summed E-state index contributed by atoms with van der Waals surface area (Å²) in [5.41, 5.74) is 2.16. The zero-order valence-corrected chi connectivity index (χ0v) is 17.0. The Balaban J connectivity index is 1.57. The van der Waals surface area contributed by atoms with Crippen molar-refractivity contribution in [3.05, 3.63) is 42.5 Å². The number of benzene rings is 1. The van der Waals surface area contributed by atoms with Crippen molar-refractivity contribution < 1.29 is 4.79 Å². The minimum Gasteiger partial charge on any atom is -0.350 e. The number of nitrogens with zero attached hydrogens (tertiary/aromatic N) is 3. The van der Waals surface area contributed by atoms with Crippen LogP contribution < -0.4 is 10.6 Å². The largest absolute Gasteiger partial charge is 0.350 e. The number of rotatable bonds is 5. The lowest BCUT2D eigenvalue weighted by Gasteiger charge is -2.46. The first kappa shape index (κ1) is 19.5. The third-order valence-corrected chi connectivity index (χ3v) is 5.20. The smallest absolute Gasteiger partial charge is 0.220 e. The summed E-state index contributed by atoms with van der Waals surface area (Å²) in [7, 11) is 0. The first-order valence-corrected chi connectivity index (χ1v) is 9.67. The fraction of sp³-hybridized carbons (Fsp3) is 0.571. The van der Waals surface area contributed by atoms with Gasteiger partial charge in [-0.3, -0.25) is 4.79 Å². The monoisotopic (exact) mass is 369 g/mol. The van der Waals surface area contributed by atoms with Crippen molar-refractivity contribution in [3.63, 3.8) is 0 Å². The Kier molecular flexibility index (Phi) is 5.38. The van der Waals surface area contributed by atoms with Gasteiger partial charge in [-0.2, -0.15) is 5.10 Å². The van der Waals surface area contributed by atoms with E-state index in [0.29, 0.717) is 12.3 Å². The maximum Gasteiger partial charge on any atom is 0.220 e. The van der Waals surface area contributed by atoms with Gasteiger partial charge in [0.15, 0.2) is 0 Å². The van der Waals surface area contributed by atoms with Crippen LogP contribution in [0.5, 0.6) is 0 Å². The predicted molar refractivity (Wildman–Crippen MR) is 107 cm³/mol. The second-order valence-corrected chi connectivity index (χ2v) is 9.09. The number of amides is 1. The highest BCUT2D eigenvalue weighted by Gasteiger charge is 2.38. The van der Waals surface area contributed by atoms with Gasteiger partial charge in [0.1, 0.15) is 12.7 Å². The van der Waals surface area contributed by atoms with Crippen molar-refractivity contribution in [2.45, 2.75) is 71.0 Å². The lowest BCUT2D eigenvalue weighted by atomic mass is 9.74. The van der Waals surface area contributed by atoms with Crippen LogP contribution in [-0.2, 0) is 4.79 Å². The van der Waals surface area contributed by atoms with Crippen molar-refractivity contribution in [2.75, 3.05) is 0 Å². The molecule has 1 unspecified atom stereocenters. The summed E-state index contributed by atoms with van der Waals surface area (Å²) in [6.07, 6.45) is 5.80. The average Bonchev–Trinajstić information content (AvgIpc) is 3.06. The molecule has 2 N–H and O–H groups in total. The fourth-order valence-electron chi connectivity index (χ4n) is 4.58. The van der Waals surface area contributed by atoms with E-state index in [1.807, 2.05) is 31.2 Å². The van der Waals surface area contributed by atoms with Gasteiger partial charge in [0.25, 0.3) is 0 Å². The van der Waals surface area contributed by atoms with E-state index < -0.39 is 0 Å². The molecule has 0 spiro atoms. The highest BCUT2D eigenvalue weighted by Crippen LogP contribution is 2.34. The topological polar surface area (TPSA) is 71.8 Å². The first-order valence-electron chi connectivity index (χ1n) is 9.67. The molecule has 2 aromatic rings. The molecule has 1 aliphatic rings. The molecule has 27 heavy (non-hydrogen) atoms. The first-order chi connectivity index (χ1) is 12.6. The highest BCUT2D eigenvalue weighted by atomic mass is 16.1. The molecule has 0 radical (unpaired) electrons. The molecule has 6 heteroatoms. The van der Waals surface area contributed by atoms with Gasteiger partial charge in [-0.1, -0.05) is 12.1 Å². The van der Waals surface area contributed by atoms with Gasteiger partial charge in [-0.15, -0.1) is 0 Å². The Labute approximate surface area is 161 Å². The van der Waals surface area contributed by atoms with Crippen molar-refractivity contribution in [2.24, 2.45) is 5.92 Å². The van der Waals surface area contributed by atoms with Crippen molar-refractivity contribution >= 4 is 5.91 Å². The van der Waals surface area contributed by atoms with Crippen LogP contribution >= 0.6 is 0 Å². The molecule has 0 aliphatic carbocycles. The summed E-state index contributed by atoms with van der Waals surface area (Å²) < 4.78 is 1.72. The van der Waals surface area contributed by atoms with Crippen molar-refractivity contribution in [3.8, 4) is 5.69 Å². The Hall–Kier alpha value is -2.21. The Bertz CT molecular complexity index is 748. The SMILES string of the molecule is CC(NC(=O)CC1CC(C)(C)NC(C)(C)C1)c1ccc(-n2cncn2)cc1. The minimum atomic E-state index is -0.0231. The van der Waals surface area contributed by atoms with Gasteiger partial charge in [-0.25, -0.2) is 9.67 Å². The summed E-state index contributed by atoms with van der Waals surface area (Å²) in [6.45, 7) is 10.9. The van der Waals surface area contributed by atoms with E-state index in [1.165, 1.54) is 6.33 Å². The fourth-order valence-corrected chi connectivity index (χ4v) is 4.58. The average molecular weight is 370 g/mol. The van der Waals surface area contributed by atoms with Crippen LogP contribution in [0.25, 0.3) is 5.69 Å². The zero-order chi connectivity index (χ0) is 19.7. The molecule has 1 saturated heterocycles. The number of hydrogen-bond acceptors (Lipinski definition) is 4. The maximum absolute atomic E-state index is 12.6. The standard InChI is InChI=1S/C21H31N5O/c1-15(17-6-8-18(9-7-17)26-14-22-13-23-26)24-19(27)10-16-11-20(2,3)25-21(4,5)12-16/h6-9,13-16,25H,10-12H2,1-5H3,(H,24,27). The molecular weight excluding hydrogens is 338 g/mol. The van der Waals surface area contributed by atoms with Crippen LogP contribution in [0.4, 0.5) is 0 Å². The summed E-state index contributed by atoms with van der Waals surface area (Å²) in [4.78, 5) is 16.6. The van der Waals surface area contributed by atoms with E-state index in [-0.39, 0.29) is 23.0 Å². The second-order valence-electron chi connectivity index (χ2n) is 9.09. The van der Waals surface area contributed by atoms with Crippen LogP contribution in [0.3, 0.4) is 0 Å². The van der Waals surface area contributed by atoms with Crippen LogP contribution in [-0.4, -0.2) is 31.7 Å². The number of piperidine rings is 1. The molecule has 146 valence electrons. The molecule has 0 saturated carbocycles. The minimum absolute atomic E-state index is 0.0231. The number of carbonyl (C=O) groups excluding carboxylic acids is 1. The Morgan fingerprint density at radius 2 is 1.85 bits per heavy atom.